The molecule has 1 amide bonds. The molecule has 0 aliphatic carbocycles. The monoisotopic (exact) mass is 412 g/mol. The Bertz CT molecular complexity index is 976. The molecule has 0 saturated carbocycles. The third-order valence-corrected chi connectivity index (χ3v) is 5.44. The number of ether oxygens (including phenoxy) is 3. The zero-order valence-electron chi connectivity index (χ0n) is 17.0. The number of carboxylic acid groups (broad SMARTS) is 1. The zero-order chi connectivity index (χ0) is 21.3. The lowest BCUT2D eigenvalue weighted by molar-refractivity contribution is -0.148. The van der Waals surface area contributed by atoms with Gasteiger partial charge in [-0.05, 0) is 30.7 Å². The highest BCUT2D eigenvalue weighted by Crippen LogP contribution is 2.34. The van der Waals surface area contributed by atoms with Crippen LogP contribution in [-0.4, -0.2) is 60.3 Å². The number of aryl methyl sites for hydroxylation is 1. The lowest BCUT2D eigenvalue weighted by Gasteiger charge is -2.37. The Balaban J connectivity index is 1.49. The number of nitrogens with zero attached hydrogens (tertiary/aromatic N) is 2. The number of hydrogen-bond donors (Lipinski definition) is 1. The molecule has 0 spiro atoms. The Kier molecular flexibility index (Phi) is 5.50. The lowest BCUT2D eigenvalue weighted by atomic mass is 10.0. The van der Waals surface area contributed by atoms with E-state index in [0.717, 1.165) is 11.1 Å². The summed E-state index contributed by atoms with van der Waals surface area (Å²) in [4.78, 5) is 28.4. The predicted molar refractivity (Wildman–Crippen MR) is 108 cm³/mol. The van der Waals surface area contributed by atoms with Gasteiger partial charge in [-0.15, -0.1) is 0 Å². The second kappa shape index (κ2) is 8.23. The van der Waals surface area contributed by atoms with Crippen molar-refractivity contribution in [3.05, 3.63) is 53.1 Å². The Hall–Kier alpha value is -3.26. The van der Waals surface area contributed by atoms with E-state index < -0.39 is 12.0 Å². The topological polar surface area (TPSA) is 88.5 Å². The highest BCUT2D eigenvalue weighted by molar-refractivity contribution is 5.82. The van der Waals surface area contributed by atoms with E-state index >= 15 is 0 Å². The van der Waals surface area contributed by atoms with E-state index in [1.165, 1.54) is 7.11 Å². The molecule has 1 atom stereocenters. The molecule has 0 aromatic heterocycles. The summed E-state index contributed by atoms with van der Waals surface area (Å²) in [5.41, 5.74) is 2.43. The summed E-state index contributed by atoms with van der Waals surface area (Å²) >= 11 is 0. The van der Waals surface area contributed by atoms with Crippen molar-refractivity contribution in [3.63, 3.8) is 0 Å². The maximum atomic E-state index is 12.8. The molecule has 1 saturated heterocycles. The van der Waals surface area contributed by atoms with Crippen LogP contribution in [0, 0.1) is 6.92 Å². The standard InChI is InChI=1S/C22H24N2O6/c1-14-3-5-17(28-2)16(9-14)21(22(26)27)24-8-7-23(20(25)12-24)11-15-4-6-18-19(10-15)30-13-29-18/h3-6,9-10,21H,7-8,11-13H2,1-2H3,(H,26,27)/t21-/m1/s1. The lowest BCUT2D eigenvalue weighted by Crippen LogP contribution is -2.52. The van der Waals surface area contributed by atoms with Gasteiger partial charge in [0.25, 0.3) is 0 Å². The third kappa shape index (κ3) is 3.91. The summed E-state index contributed by atoms with van der Waals surface area (Å²) < 4.78 is 16.1. The second-order valence-electron chi connectivity index (χ2n) is 7.46. The van der Waals surface area contributed by atoms with Crippen LogP contribution >= 0.6 is 0 Å². The van der Waals surface area contributed by atoms with Gasteiger partial charge in [0.2, 0.25) is 12.7 Å². The first-order valence-corrected chi connectivity index (χ1v) is 9.74. The number of aliphatic carboxylic acids is 1. The van der Waals surface area contributed by atoms with Gasteiger partial charge < -0.3 is 24.2 Å². The summed E-state index contributed by atoms with van der Waals surface area (Å²) in [6.07, 6.45) is 0. The van der Waals surface area contributed by atoms with Gasteiger partial charge in [0.15, 0.2) is 11.5 Å². The molecule has 2 aliphatic rings. The van der Waals surface area contributed by atoms with Gasteiger partial charge in [0, 0.05) is 25.2 Å². The molecule has 2 heterocycles. The molecule has 0 radical (unpaired) electrons. The number of piperazine rings is 1. The first-order chi connectivity index (χ1) is 14.5. The number of hydrogen-bond acceptors (Lipinski definition) is 6. The van der Waals surface area contributed by atoms with Crippen molar-refractivity contribution >= 4 is 11.9 Å². The molecular formula is C22H24N2O6. The van der Waals surface area contributed by atoms with Crippen molar-refractivity contribution in [1.82, 2.24) is 9.80 Å². The van der Waals surface area contributed by atoms with Crippen LogP contribution in [0.2, 0.25) is 0 Å². The quantitative estimate of drug-likeness (QED) is 0.778. The highest BCUT2D eigenvalue weighted by Gasteiger charge is 2.35. The van der Waals surface area contributed by atoms with Gasteiger partial charge in [-0.2, -0.15) is 0 Å². The van der Waals surface area contributed by atoms with Gasteiger partial charge in [-0.3, -0.25) is 14.5 Å². The van der Waals surface area contributed by atoms with E-state index in [4.69, 9.17) is 14.2 Å². The predicted octanol–water partition coefficient (Wildman–Crippen LogP) is 2.20. The SMILES string of the molecule is COc1ccc(C)cc1[C@H](C(=O)O)N1CCN(Cc2ccc3c(c2)OCO3)C(=O)C1. The van der Waals surface area contributed by atoms with Crippen molar-refractivity contribution in [2.45, 2.75) is 19.5 Å². The molecule has 2 aromatic carbocycles. The minimum atomic E-state index is -1.00. The number of amides is 1. The molecule has 158 valence electrons. The fourth-order valence-electron chi connectivity index (χ4n) is 3.93. The van der Waals surface area contributed by atoms with Crippen LogP contribution in [0.4, 0.5) is 0 Å². The maximum Gasteiger partial charge on any atom is 0.325 e. The third-order valence-electron chi connectivity index (χ3n) is 5.44. The Labute approximate surface area is 174 Å². The molecule has 1 fully saturated rings. The van der Waals surface area contributed by atoms with Crippen LogP contribution in [0.25, 0.3) is 0 Å². The number of fused-ring (bicyclic) bond motifs is 1. The fourth-order valence-corrected chi connectivity index (χ4v) is 3.93. The fraction of sp³-hybridized carbons (Fsp3) is 0.364. The van der Waals surface area contributed by atoms with Gasteiger partial charge in [0.1, 0.15) is 11.8 Å². The van der Waals surface area contributed by atoms with E-state index in [1.54, 1.807) is 21.9 Å². The van der Waals surface area contributed by atoms with Crippen LogP contribution in [0.15, 0.2) is 36.4 Å². The Morgan fingerprint density at radius 3 is 2.70 bits per heavy atom. The summed E-state index contributed by atoms with van der Waals surface area (Å²) in [6.45, 7) is 3.45. The molecule has 0 unspecified atom stereocenters. The van der Waals surface area contributed by atoms with E-state index in [2.05, 4.69) is 0 Å². The second-order valence-corrected chi connectivity index (χ2v) is 7.46. The minimum Gasteiger partial charge on any atom is -0.496 e. The van der Waals surface area contributed by atoms with Crippen molar-refractivity contribution < 1.29 is 28.9 Å². The van der Waals surface area contributed by atoms with Crippen LogP contribution in [-0.2, 0) is 16.1 Å². The van der Waals surface area contributed by atoms with Gasteiger partial charge in [-0.25, -0.2) is 0 Å². The van der Waals surface area contributed by atoms with Crippen molar-refractivity contribution in [3.8, 4) is 17.2 Å². The number of methoxy groups -OCH3 is 1. The number of carbonyl (C=O) groups is 2. The normalized spacial score (nSPS) is 17.1. The van der Waals surface area contributed by atoms with Gasteiger partial charge >= 0.3 is 5.97 Å². The zero-order valence-corrected chi connectivity index (χ0v) is 17.0. The van der Waals surface area contributed by atoms with E-state index in [0.29, 0.717) is 42.4 Å². The van der Waals surface area contributed by atoms with Crippen LogP contribution in [0.3, 0.4) is 0 Å². The molecule has 0 bridgehead atoms. The molecule has 30 heavy (non-hydrogen) atoms. The van der Waals surface area contributed by atoms with Crippen molar-refractivity contribution in [2.24, 2.45) is 0 Å². The van der Waals surface area contributed by atoms with E-state index in [9.17, 15) is 14.7 Å². The Morgan fingerprint density at radius 1 is 1.17 bits per heavy atom. The first kappa shape index (κ1) is 20.0. The molecule has 8 heteroatoms. The highest BCUT2D eigenvalue weighted by atomic mass is 16.7. The van der Waals surface area contributed by atoms with Gasteiger partial charge in [-0.1, -0.05) is 23.8 Å². The van der Waals surface area contributed by atoms with E-state index in [1.807, 2.05) is 31.2 Å². The largest absolute Gasteiger partial charge is 0.496 e. The van der Waals surface area contributed by atoms with Crippen LogP contribution in [0.5, 0.6) is 17.2 Å². The summed E-state index contributed by atoms with van der Waals surface area (Å²) in [6, 6.07) is 10.1. The molecular weight excluding hydrogens is 388 g/mol. The van der Waals surface area contributed by atoms with Crippen molar-refractivity contribution in [2.75, 3.05) is 33.5 Å². The number of carboxylic acids is 1. The number of rotatable bonds is 6. The van der Waals surface area contributed by atoms with Gasteiger partial charge in [0.05, 0.1) is 13.7 Å². The minimum absolute atomic E-state index is 0.0264. The molecule has 8 nitrogen and oxygen atoms in total. The van der Waals surface area contributed by atoms with E-state index in [-0.39, 0.29) is 19.2 Å². The smallest absolute Gasteiger partial charge is 0.325 e. The molecule has 1 N–H and O–H groups in total. The van der Waals surface area contributed by atoms with Crippen LogP contribution in [0.1, 0.15) is 22.7 Å². The summed E-state index contributed by atoms with van der Waals surface area (Å²) in [5, 5.41) is 9.92. The summed E-state index contributed by atoms with van der Waals surface area (Å²) in [7, 11) is 1.52. The van der Waals surface area contributed by atoms with Crippen molar-refractivity contribution in [1.29, 1.82) is 0 Å². The molecule has 4 rings (SSSR count). The van der Waals surface area contributed by atoms with Crippen LogP contribution < -0.4 is 14.2 Å². The summed E-state index contributed by atoms with van der Waals surface area (Å²) in [5.74, 6) is 0.762. The maximum absolute atomic E-state index is 12.8. The average Bonchev–Trinajstić information content (AvgIpc) is 3.18. The Morgan fingerprint density at radius 2 is 1.97 bits per heavy atom. The average molecular weight is 412 g/mol. The number of carbonyl (C=O) groups excluding carboxylic acids is 1. The first-order valence-electron chi connectivity index (χ1n) is 9.74. The number of benzene rings is 2. The molecule has 2 aliphatic heterocycles. The molecule has 2 aromatic rings.